The van der Waals surface area contributed by atoms with Gasteiger partial charge >= 0.3 is 0 Å². The van der Waals surface area contributed by atoms with Crippen molar-refractivity contribution in [2.75, 3.05) is 48.1 Å². The van der Waals surface area contributed by atoms with Crippen LogP contribution in [0.3, 0.4) is 0 Å². The van der Waals surface area contributed by atoms with Crippen molar-refractivity contribution < 1.29 is 44.5 Å². The number of hydrogen-bond donors (Lipinski definition) is 5. The number of aliphatic hydroxyl groups is 5. The zero-order chi connectivity index (χ0) is 25.3. The molecule has 1 spiro atoms. The van der Waals surface area contributed by atoms with Gasteiger partial charge in [-0.1, -0.05) is 6.92 Å². The minimum absolute atomic E-state index is 0.156. The predicted molar refractivity (Wildman–Crippen MR) is 121 cm³/mol. The van der Waals surface area contributed by atoms with E-state index < -0.39 is 76.4 Å². The predicted octanol–water partition coefficient (Wildman–Crippen LogP) is -1.79. The van der Waals surface area contributed by atoms with Gasteiger partial charge in [0.05, 0.1) is 31.0 Å². The van der Waals surface area contributed by atoms with Gasteiger partial charge in [0.2, 0.25) is 0 Å². The highest BCUT2D eigenvalue weighted by molar-refractivity contribution is 5.39. The minimum Gasteiger partial charge on any atom is -0.392 e. The summed E-state index contributed by atoms with van der Waals surface area (Å²) in [7, 11) is 6.29. The highest BCUT2D eigenvalue weighted by atomic mass is 16.5. The summed E-state index contributed by atoms with van der Waals surface area (Å²) < 4.78 is 23.7. The first-order chi connectivity index (χ1) is 16.6. The number of aliphatic hydroxyl groups excluding tert-OH is 3. The third-order valence-electron chi connectivity index (χ3n) is 11.7. The van der Waals surface area contributed by atoms with Crippen molar-refractivity contribution in [3.05, 3.63) is 0 Å². The first kappa shape index (κ1) is 24.9. The summed E-state index contributed by atoms with van der Waals surface area (Å²) in [6.07, 6.45) is -4.95. The Hall–Kier alpha value is -0.400. The molecule has 1 aliphatic heterocycles. The van der Waals surface area contributed by atoms with Gasteiger partial charge in [0.1, 0.15) is 23.4 Å². The number of hydrogen-bond acceptors (Lipinski definition) is 10. The molecule has 35 heavy (non-hydrogen) atoms. The molecule has 6 unspecified atom stereocenters. The van der Waals surface area contributed by atoms with Crippen molar-refractivity contribution in [1.29, 1.82) is 0 Å². The Morgan fingerprint density at radius 2 is 1.66 bits per heavy atom. The summed E-state index contributed by atoms with van der Waals surface area (Å²) in [5.74, 6) is -2.04. The first-order valence-electron chi connectivity index (χ1n) is 12.9. The molecular weight excluding hydrogens is 458 g/mol. The van der Waals surface area contributed by atoms with Gasteiger partial charge in [0.15, 0.2) is 0 Å². The van der Waals surface area contributed by atoms with Crippen LogP contribution in [0.4, 0.5) is 0 Å². The van der Waals surface area contributed by atoms with Crippen molar-refractivity contribution in [2.45, 2.75) is 73.6 Å². The number of nitrogens with zero attached hydrogens (tertiary/aromatic N) is 1. The second-order valence-corrected chi connectivity index (χ2v) is 12.1. The Kier molecular flexibility index (Phi) is 5.40. The van der Waals surface area contributed by atoms with Crippen LogP contribution < -0.4 is 0 Å². The molecule has 200 valence electrons. The van der Waals surface area contributed by atoms with Crippen LogP contribution in [0.15, 0.2) is 0 Å². The Bertz CT molecular complexity index is 878. The fourth-order valence-corrected chi connectivity index (χ4v) is 11.0. The topological polar surface area (TPSA) is 141 Å². The number of rotatable bonds is 6. The van der Waals surface area contributed by atoms with Gasteiger partial charge in [-0.3, -0.25) is 4.90 Å². The van der Waals surface area contributed by atoms with Gasteiger partial charge in [0, 0.05) is 76.0 Å². The molecule has 10 heteroatoms. The molecule has 0 amide bonds. The zero-order valence-corrected chi connectivity index (χ0v) is 21.2. The third kappa shape index (κ3) is 2.35. The average molecular weight is 500 g/mol. The Balaban J connectivity index is 1.68. The Morgan fingerprint density at radius 3 is 2.23 bits per heavy atom. The van der Waals surface area contributed by atoms with E-state index >= 15 is 0 Å². The molecule has 1 heterocycles. The second-order valence-electron chi connectivity index (χ2n) is 12.1. The molecule has 5 N–H and O–H groups in total. The van der Waals surface area contributed by atoms with E-state index in [4.69, 9.17) is 18.9 Å². The maximum Gasteiger partial charge on any atom is 0.120 e. The van der Waals surface area contributed by atoms with Crippen LogP contribution in [0.2, 0.25) is 0 Å². The van der Waals surface area contributed by atoms with Crippen LogP contribution in [-0.2, 0) is 18.9 Å². The number of methoxy groups -OCH3 is 4. The summed E-state index contributed by atoms with van der Waals surface area (Å²) in [6, 6.07) is -0.240. The number of ether oxygens (including phenoxy) is 4. The number of piperidine rings is 1. The SMILES string of the molecule is CCN1C[C@]2(COC)C(O)CC(OC)C34[C@@H]5C[C@@]6(O)C(O)[C@@H]5[C@](O)(C(O)[C@@H]6OC)[C@@H](C(OC)[C@@H]32)[C@H]14. The molecule has 6 rings (SSSR count). The standard InChI is InChI=1S/C25H41NO9/c1-6-26-9-22(10-32-2)12(27)7-13(33-3)24-11-8-23(30)19(28)14(11)25(31,20(29)21(23)35-5)15(18(24)26)16(34-4)17(22)24/h11-21,27-31H,6-10H2,1-5H3/t11-,12?,13?,14-,15+,16?,17-,18+,19?,20?,21+,22+,23-,24?,25-/m1/s1. The van der Waals surface area contributed by atoms with E-state index in [2.05, 4.69) is 11.8 Å². The number of fused-ring (bicyclic) bond motifs is 2. The summed E-state index contributed by atoms with van der Waals surface area (Å²) >= 11 is 0. The molecule has 15 atom stereocenters. The molecule has 6 fully saturated rings. The van der Waals surface area contributed by atoms with Crippen LogP contribution in [0, 0.1) is 34.5 Å². The quantitative estimate of drug-likeness (QED) is 0.285. The fourth-order valence-electron chi connectivity index (χ4n) is 11.0. The van der Waals surface area contributed by atoms with E-state index in [1.807, 2.05) is 0 Å². The molecule has 0 aromatic carbocycles. The average Bonchev–Trinajstić information content (AvgIpc) is 3.19. The fraction of sp³-hybridized carbons (Fsp3) is 1.00. The van der Waals surface area contributed by atoms with Gasteiger partial charge in [0.25, 0.3) is 0 Å². The smallest absolute Gasteiger partial charge is 0.120 e. The van der Waals surface area contributed by atoms with E-state index in [9.17, 15) is 25.5 Å². The molecule has 6 aliphatic rings. The lowest BCUT2D eigenvalue weighted by atomic mass is 9.42. The van der Waals surface area contributed by atoms with Crippen LogP contribution in [0.1, 0.15) is 19.8 Å². The maximum absolute atomic E-state index is 12.6. The van der Waals surface area contributed by atoms with Crippen LogP contribution in [0.5, 0.6) is 0 Å². The lowest BCUT2D eigenvalue weighted by molar-refractivity contribution is -0.320. The highest BCUT2D eigenvalue weighted by Crippen LogP contribution is 2.79. The lowest BCUT2D eigenvalue weighted by Crippen LogP contribution is -2.81. The van der Waals surface area contributed by atoms with Gasteiger partial charge in [-0.2, -0.15) is 0 Å². The van der Waals surface area contributed by atoms with Gasteiger partial charge in [-0.25, -0.2) is 0 Å². The molecule has 1 saturated heterocycles. The number of likely N-dealkylation sites (tertiary alicyclic amines) is 1. The molecule has 10 nitrogen and oxygen atoms in total. The Morgan fingerprint density at radius 1 is 0.943 bits per heavy atom. The largest absolute Gasteiger partial charge is 0.392 e. The summed E-state index contributed by atoms with van der Waals surface area (Å²) in [5, 5.41) is 59.3. The molecule has 7 bridgehead atoms. The van der Waals surface area contributed by atoms with E-state index in [1.54, 1.807) is 21.3 Å². The zero-order valence-electron chi connectivity index (χ0n) is 21.2. The van der Waals surface area contributed by atoms with Crippen LogP contribution >= 0.6 is 0 Å². The van der Waals surface area contributed by atoms with Gasteiger partial charge in [-0.15, -0.1) is 0 Å². The van der Waals surface area contributed by atoms with Crippen molar-refractivity contribution in [3.8, 4) is 0 Å². The monoisotopic (exact) mass is 499 g/mol. The van der Waals surface area contributed by atoms with Crippen molar-refractivity contribution >= 4 is 0 Å². The lowest BCUT2D eigenvalue weighted by Gasteiger charge is -2.70. The van der Waals surface area contributed by atoms with E-state index in [0.717, 1.165) is 0 Å². The summed E-state index contributed by atoms with van der Waals surface area (Å²) in [4.78, 5) is 2.29. The minimum atomic E-state index is -1.76. The highest BCUT2D eigenvalue weighted by Gasteiger charge is 2.90. The summed E-state index contributed by atoms with van der Waals surface area (Å²) in [6.45, 7) is 3.58. The maximum atomic E-state index is 12.6. The van der Waals surface area contributed by atoms with Gasteiger partial charge < -0.3 is 44.5 Å². The normalized spacial score (nSPS) is 62.4. The first-order valence-corrected chi connectivity index (χ1v) is 12.9. The van der Waals surface area contributed by atoms with E-state index in [-0.39, 0.29) is 18.4 Å². The third-order valence-corrected chi connectivity index (χ3v) is 11.7. The van der Waals surface area contributed by atoms with E-state index in [0.29, 0.717) is 26.1 Å². The van der Waals surface area contributed by atoms with Crippen molar-refractivity contribution in [1.82, 2.24) is 4.90 Å². The summed E-state index contributed by atoms with van der Waals surface area (Å²) in [5.41, 5.74) is -4.81. The van der Waals surface area contributed by atoms with Crippen molar-refractivity contribution in [2.24, 2.45) is 34.5 Å². The molecule has 0 aromatic heterocycles. The van der Waals surface area contributed by atoms with Crippen molar-refractivity contribution in [3.63, 3.8) is 0 Å². The van der Waals surface area contributed by atoms with Gasteiger partial charge in [-0.05, 0) is 18.9 Å². The second kappa shape index (κ2) is 7.59. The molecular formula is C25H41NO9. The molecule has 0 aromatic rings. The molecule has 5 saturated carbocycles. The molecule has 0 radical (unpaired) electrons. The molecule has 5 aliphatic carbocycles. The van der Waals surface area contributed by atoms with Crippen LogP contribution in [0.25, 0.3) is 0 Å². The van der Waals surface area contributed by atoms with E-state index in [1.165, 1.54) is 7.11 Å². The van der Waals surface area contributed by atoms with Crippen LogP contribution in [-0.4, -0.2) is 132 Å². The Labute approximate surface area is 206 Å².